The van der Waals surface area contributed by atoms with Gasteiger partial charge in [0.2, 0.25) is 15.8 Å². The number of aromatic carboxylic acids is 1. The van der Waals surface area contributed by atoms with Crippen LogP contribution in [0.15, 0.2) is 20.0 Å². The van der Waals surface area contributed by atoms with Gasteiger partial charge in [-0.25, -0.2) is 17.9 Å². The lowest BCUT2D eigenvalue weighted by Crippen LogP contribution is -2.38. The van der Waals surface area contributed by atoms with Crippen LogP contribution in [0.4, 0.5) is 0 Å². The predicted molar refractivity (Wildman–Crippen MR) is 72.0 cm³/mol. The maximum absolute atomic E-state index is 12.2. The van der Waals surface area contributed by atoms with Crippen molar-refractivity contribution < 1.29 is 27.8 Å². The fourth-order valence-electron chi connectivity index (χ4n) is 2.12. The number of aliphatic hydroxyl groups is 1. The summed E-state index contributed by atoms with van der Waals surface area (Å²) in [6.45, 7) is 0. The minimum Gasteiger partial charge on any atom is -0.475 e. The number of carboxylic acid groups (broad SMARTS) is 1. The van der Waals surface area contributed by atoms with Crippen molar-refractivity contribution >= 4 is 31.9 Å². The number of aliphatic hydroxyl groups excluding tert-OH is 1. The summed E-state index contributed by atoms with van der Waals surface area (Å²) in [5, 5.41) is 18.2. The Morgan fingerprint density at radius 2 is 1.95 bits per heavy atom. The van der Waals surface area contributed by atoms with Gasteiger partial charge in [0.25, 0.3) is 0 Å². The van der Waals surface area contributed by atoms with E-state index in [4.69, 9.17) is 9.52 Å². The molecule has 0 bridgehead atoms. The van der Waals surface area contributed by atoms with E-state index in [-0.39, 0.29) is 21.7 Å². The van der Waals surface area contributed by atoms with Crippen LogP contribution in [0.1, 0.15) is 36.2 Å². The molecule has 9 heteroatoms. The summed E-state index contributed by atoms with van der Waals surface area (Å²) in [6, 6.07) is 0.699. The molecule has 0 amide bonds. The summed E-state index contributed by atoms with van der Waals surface area (Å²) < 4.78 is 31.6. The molecule has 0 unspecified atom stereocenters. The van der Waals surface area contributed by atoms with E-state index in [1.54, 1.807) is 0 Å². The van der Waals surface area contributed by atoms with E-state index in [2.05, 4.69) is 20.7 Å². The van der Waals surface area contributed by atoms with Crippen molar-refractivity contribution in [3.63, 3.8) is 0 Å². The van der Waals surface area contributed by atoms with Gasteiger partial charge in [0, 0.05) is 12.1 Å². The lowest BCUT2D eigenvalue weighted by atomic mass is 9.94. The van der Waals surface area contributed by atoms with Gasteiger partial charge >= 0.3 is 5.97 Å². The highest BCUT2D eigenvalue weighted by molar-refractivity contribution is 9.10. The van der Waals surface area contributed by atoms with Crippen LogP contribution in [0.2, 0.25) is 0 Å². The summed E-state index contributed by atoms with van der Waals surface area (Å²) in [7, 11) is -3.86. The highest BCUT2D eigenvalue weighted by Gasteiger charge is 2.29. The molecule has 7 nitrogen and oxygen atoms in total. The number of carboxylic acids is 1. The van der Waals surface area contributed by atoms with Crippen LogP contribution >= 0.6 is 15.9 Å². The molecular formula is C11H14BrNO6S. The van der Waals surface area contributed by atoms with E-state index in [1.807, 2.05) is 0 Å². The Morgan fingerprint density at radius 3 is 2.45 bits per heavy atom. The topological polar surface area (TPSA) is 117 Å². The Bertz CT molecular complexity index is 602. The second kappa shape index (κ2) is 5.84. The van der Waals surface area contributed by atoms with E-state index in [0.717, 1.165) is 6.07 Å². The number of carbonyl (C=O) groups is 1. The highest BCUT2D eigenvalue weighted by atomic mass is 79.9. The van der Waals surface area contributed by atoms with Gasteiger partial charge in [-0.05, 0) is 41.6 Å². The smallest absolute Gasteiger partial charge is 0.371 e. The fraction of sp³-hybridized carbons (Fsp3) is 0.545. The van der Waals surface area contributed by atoms with Gasteiger partial charge in [-0.3, -0.25) is 0 Å². The average molecular weight is 368 g/mol. The quantitative estimate of drug-likeness (QED) is 0.738. The zero-order valence-electron chi connectivity index (χ0n) is 10.4. The normalized spacial score (nSPS) is 23.7. The summed E-state index contributed by atoms with van der Waals surface area (Å²) in [6.07, 6.45) is 1.79. The minimum atomic E-state index is -3.86. The van der Waals surface area contributed by atoms with Crippen LogP contribution < -0.4 is 4.72 Å². The maximum Gasteiger partial charge on any atom is 0.371 e. The number of sulfonamides is 1. The molecule has 0 saturated heterocycles. The molecule has 1 aliphatic rings. The van der Waals surface area contributed by atoms with E-state index in [0.29, 0.717) is 25.7 Å². The molecule has 0 radical (unpaired) electrons. The van der Waals surface area contributed by atoms with E-state index in [1.165, 1.54) is 0 Å². The van der Waals surface area contributed by atoms with Crippen LogP contribution in [-0.4, -0.2) is 36.7 Å². The summed E-state index contributed by atoms with van der Waals surface area (Å²) in [5.41, 5.74) is 0. The molecule has 1 saturated carbocycles. The molecule has 0 spiro atoms. The zero-order chi connectivity index (χ0) is 14.9. The molecule has 1 aliphatic carbocycles. The molecule has 3 N–H and O–H groups in total. The van der Waals surface area contributed by atoms with Gasteiger partial charge in [0.1, 0.15) is 4.90 Å². The van der Waals surface area contributed by atoms with Crippen molar-refractivity contribution in [2.45, 2.75) is 42.7 Å². The van der Waals surface area contributed by atoms with Gasteiger partial charge in [0.15, 0.2) is 4.67 Å². The average Bonchev–Trinajstić information content (AvgIpc) is 2.75. The van der Waals surface area contributed by atoms with Crippen LogP contribution in [0.5, 0.6) is 0 Å². The Hall–Kier alpha value is -0.900. The molecule has 2 rings (SSSR count). The molecule has 1 aromatic heterocycles. The minimum absolute atomic E-state index is 0.141. The Labute approximate surface area is 124 Å². The summed E-state index contributed by atoms with van der Waals surface area (Å²) >= 11 is 2.91. The van der Waals surface area contributed by atoms with E-state index >= 15 is 0 Å². The first-order valence-electron chi connectivity index (χ1n) is 6.02. The van der Waals surface area contributed by atoms with Gasteiger partial charge in [0.05, 0.1) is 6.10 Å². The number of hydrogen-bond acceptors (Lipinski definition) is 5. The second-order valence-electron chi connectivity index (χ2n) is 4.68. The predicted octanol–water partition coefficient (Wildman–Crippen LogP) is 1.32. The van der Waals surface area contributed by atoms with Crippen molar-refractivity contribution in [1.29, 1.82) is 0 Å². The van der Waals surface area contributed by atoms with Gasteiger partial charge < -0.3 is 14.6 Å². The standard InChI is InChI=1S/C11H14BrNO6S/c12-10-9(5-8(19-10)11(15)16)20(17,18)13-6-1-3-7(14)4-2-6/h5-7,13-14H,1-4H2,(H,15,16). The van der Waals surface area contributed by atoms with E-state index in [9.17, 15) is 18.3 Å². The number of furan rings is 1. The molecule has 1 heterocycles. The molecule has 0 aromatic carbocycles. The van der Waals surface area contributed by atoms with Gasteiger partial charge in [-0.2, -0.15) is 0 Å². The summed E-state index contributed by atoms with van der Waals surface area (Å²) in [4.78, 5) is 10.5. The van der Waals surface area contributed by atoms with Crippen molar-refractivity contribution in [3.8, 4) is 0 Å². The van der Waals surface area contributed by atoms with Crippen molar-refractivity contribution in [2.75, 3.05) is 0 Å². The van der Waals surface area contributed by atoms with Gasteiger partial charge in [-0.15, -0.1) is 0 Å². The molecule has 1 fully saturated rings. The van der Waals surface area contributed by atoms with Crippen molar-refractivity contribution in [2.24, 2.45) is 0 Å². The highest BCUT2D eigenvalue weighted by Crippen LogP contribution is 2.27. The maximum atomic E-state index is 12.2. The lowest BCUT2D eigenvalue weighted by molar-refractivity contribution is 0.0661. The van der Waals surface area contributed by atoms with Crippen molar-refractivity contribution in [1.82, 2.24) is 4.72 Å². The molecule has 0 atom stereocenters. The molecule has 1 aromatic rings. The summed E-state index contributed by atoms with van der Waals surface area (Å²) in [5.74, 6) is -1.79. The van der Waals surface area contributed by atoms with Gasteiger partial charge in [-0.1, -0.05) is 0 Å². The molecule has 20 heavy (non-hydrogen) atoms. The van der Waals surface area contributed by atoms with Crippen molar-refractivity contribution in [3.05, 3.63) is 16.5 Å². The zero-order valence-corrected chi connectivity index (χ0v) is 12.8. The van der Waals surface area contributed by atoms with Crippen LogP contribution in [-0.2, 0) is 10.0 Å². The van der Waals surface area contributed by atoms with Crippen LogP contribution in [0, 0.1) is 0 Å². The Balaban J connectivity index is 2.16. The van der Waals surface area contributed by atoms with Crippen LogP contribution in [0.25, 0.3) is 0 Å². The largest absolute Gasteiger partial charge is 0.475 e. The number of hydrogen-bond donors (Lipinski definition) is 3. The second-order valence-corrected chi connectivity index (χ2v) is 7.08. The molecular weight excluding hydrogens is 354 g/mol. The van der Waals surface area contributed by atoms with Crippen LogP contribution in [0.3, 0.4) is 0 Å². The Morgan fingerprint density at radius 1 is 1.35 bits per heavy atom. The third-order valence-corrected chi connectivity index (χ3v) is 5.55. The SMILES string of the molecule is O=C(O)c1cc(S(=O)(=O)NC2CCC(O)CC2)c(Br)o1. The van der Waals surface area contributed by atoms with E-state index < -0.39 is 21.8 Å². The first kappa shape index (κ1) is 15.5. The monoisotopic (exact) mass is 367 g/mol. The first-order valence-corrected chi connectivity index (χ1v) is 8.30. The number of halogens is 1. The lowest BCUT2D eigenvalue weighted by Gasteiger charge is -2.25. The third kappa shape index (κ3) is 3.40. The molecule has 112 valence electrons. The first-order chi connectivity index (χ1) is 9.29. The molecule has 0 aliphatic heterocycles. The number of nitrogens with one attached hydrogen (secondary N) is 1. The number of rotatable bonds is 4. The fourth-order valence-corrected chi connectivity index (χ4v) is 4.36. The third-order valence-electron chi connectivity index (χ3n) is 3.17. The Kier molecular flexibility index (Phi) is 4.52.